The Balaban J connectivity index is 2.39. The van der Waals surface area contributed by atoms with Crippen molar-refractivity contribution in [1.29, 1.82) is 0 Å². The van der Waals surface area contributed by atoms with E-state index in [0.29, 0.717) is 11.3 Å². The van der Waals surface area contributed by atoms with Crippen LogP contribution in [0.4, 0.5) is 0 Å². The van der Waals surface area contributed by atoms with Gasteiger partial charge in [0.15, 0.2) is 11.5 Å². The monoisotopic (exact) mass is 236 g/mol. The normalized spacial score (nSPS) is 10.2. The molecule has 0 unspecified atom stereocenters. The van der Waals surface area contributed by atoms with E-state index in [9.17, 15) is 9.90 Å². The third kappa shape index (κ3) is 2.03. The number of aromatic carboxylic acids is 1. The van der Waals surface area contributed by atoms with Crippen molar-refractivity contribution >= 4 is 5.97 Å². The van der Waals surface area contributed by atoms with Crippen LogP contribution in [0.5, 0.6) is 11.5 Å². The molecule has 17 heavy (non-hydrogen) atoms. The van der Waals surface area contributed by atoms with E-state index in [1.807, 2.05) is 0 Å². The Kier molecular flexibility index (Phi) is 2.65. The van der Waals surface area contributed by atoms with Crippen molar-refractivity contribution in [3.8, 4) is 23.0 Å². The fraction of sp³-hybridized carbons (Fsp3) is 0.100. The zero-order chi connectivity index (χ0) is 12.4. The number of nitrogens with zero attached hydrogens (tertiary/aromatic N) is 2. The Hall–Kier alpha value is -2.57. The molecule has 88 valence electrons. The van der Waals surface area contributed by atoms with Crippen LogP contribution in [0.1, 0.15) is 10.7 Å². The lowest BCUT2D eigenvalue weighted by Gasteiger charge is -2.03. The average molecular weight is 236 g/mol. The Bertz CT molecular complexity index is 564. The molecule has 0 fully saturated rings. The summed E-state index contributed by atoms with van der Waals surface area (Å²) >= 11 is 0. The van der Waals surface area contributed by atoms with Crippen molar-refractivity contribution in [3.63, 3.8) is 0 Å². The molecule has 0 aliphatic rings. The van der Waals surface area contributed by atoms with Gasteiger partial charge in [-0.2, -0.15) is 0 Å². The van der Waals surface area contributed by atoms with E-state index in [0.717, 1.165) is 0 Å². The Morgan fingerprint density at radius 2 is 2.18 bits per heavy atom. The van der Waals surface area contributed by atoms with Crippen LogP contribution in [0.25, 0.3) is 11.5 Å². The molecule has 1 heterocycles. The van der Waals surface area contributed by atoms with Gasteiger partial charge in [-0.05, 0) is 18.2 Å². The summed E-state index contributed by atoms with van der Waals surface area (Å²) in [6, 6.07) is 4.42. The van der Waals surface area contributed by atoms with Crippen LogP contribution in [-0.2, 0) is 0 Å². The summed E-state index contributed by atoms with van der Waals surface area (Å²) in [5.74, 6) is -1.59. The first-order chi connectivity index (χ1) is 8.11. The standard InChI is InChI=1S/C10H8N2O5/c1-16-7-3-2-5(4-6(7)13)8-11-12-9(17-8)10(14)15/h2-4,13H,1H3,(H,14,15). The number of ether oxygens (including phenoxy) is 1. The zero-order valence-corrected chi connectivity index (χ0v) is 8.75. The molecule has 2 aromatic rings. The molecule has 0 radical (unpaired) electrons. The molecule has 2 N–H and O–H groups in total. The number of aromatic nitrogens is 2. The predicted molar refractivity (Wildman–Crippen MR) is 54.9 cm³/mol. The predicted octanol–water partition coefficient (Wildman–Crippen LogP) is 1.15. The van der Waals surface area contributed by atoms with E-state index >= 15 is 0 Å². The lowest BCUT2D eigenvalue weighted by molar-refractivity contribution is 0.0654. The van der Waals surface area contributed by atoms with E-state index in [1.54, 1.807) is 6.07 Å². The van der Waals surface area contributed by atoms with Crippen molar-refractivity contribution in [3.05, 3.63) is 24.1 Å². The summed E-state index contributed by atoms with van der Waals surface area (Å²) in [5.41, 5.74) is 0.406. The number of methoxy groups -OCH3 is 1. The highest BCUT2D eigenvalue weighted by Gasteiger charge is 2.15. The van der Waals surface area contributed by atoms with Gasteiger partial charge in [0.2, 0.25) is 5.89 Å². The molecule has 1 aromatic carbocycles. The van der Waals surface area contributed by atoms with Gasteiger partial charge in [-0.1, -0.05) is 0 Å². The largest absolute Gasteiger partial charge is 0.504 e. The van der Waals surface area contributed by atoms with Crippen LogP contribution in [-0.4, -0.2) is 33.5 Å². The number of hydrogen-bond donors (Lipinski definition) is 2. The first-order valence-electron chi connectivity index (χ1n) is 4.56. The third-order valence-electron chi connectivity index (χ3n) is 2.03. The summed E-state index contributed by atoms with van der Waals surface area (Å²) in [6.45, 7) is 0. The second-order valence-electron chi connectivity index (χ2n) is 3.10. The molecular weight excluding hydrogens is 228 g/mol. The van der Waals surface area contributed by atoms with Gasteiger partial charge < -0.3 is 19.4 Å². The first kappa shape index (κ1) is 10.9. The van der Waals surface area contributed by atoms with Crippen LogP contribution in [0.2, 0.25) is 0 Å². The lowest BCUT2D eigenvalue weighted by Crippen LogP contribution is -1.95. The minimum Gasteiger partial charge on any atom is -0.504 e. The number of phenols is 1. The molecule has 0 saturated carbocycles. The number of aromatic hydroxyl groups is 1. The van der Waals surface area contributed by atoms with Gasteiger partial charge in [-0.15, -0.1) is 10.2 Å². The van der Waals surface area contributed by atoms with Crippen molar-refractivity contribution in [2.75, 3.05) is 7.11 Å². The molecule has 0 aliphatic carbocycles. The number of carboxylic acid groups (broad SMARTS) is 1. The molecule has 2 rings (SSSR count). The average Bonchev–Trinajstić information content (AvgIpc) is 2.78. The summed E-state index contributed by atoms with van der Waals surface area (Å²) in [5, 5.41) is 25.0. The van der Waals surface area contributed by atoms with Gasteiger partial charge >= 0.3 is 11.9 Å². The minimum atomic E-state index is -1.30. The number of hydrogen-bond acceptors (Lipinski definition) is 6. The third-order valence-corrected chi connectivity index (χ3v) is 2.03. The fourth-order valence-electron chi connectivity index (χ4n) is 1.25. The van der Waals surface area contributed by atoms with E-state index in [-0.39, 0.29) is 11.6 Å². The quantitative estimate of drug-likeness (QED) is 0.823. The summed E-state index contributed by atoms with van der Waals surface area (Å²) in [7, 11) is 1.42. The molecule has 7 nitrogen and oxygen atoms in total. The van der Waals surface area contributed by atoms with Gasteiger partial charge in [-0.25, -0.2) is 4.79 Å². The number of phenolic OH excluding ortho intramolecular Hbond substituents is 1. The van der Waals surface area contributed by atoms with Crippen LogP contribution in [0.3, 0.4) is 0 Å². The molecule has 0 aliphatic heterocycles. The second-order valence-corrected chi connectivity index (χ2v) is 3.10. The number of benzene rings is 1. The molecule has 0 amide bonds. The zero-order valence-electron chi connectivity index (χ0n) is 8.75. The molecule has 0 atom stereocenters. The summed E-state index contributed by atoms with van der Waals surface area (Å²) < 4.78 is 9.75. The molecule has 0 spiro atoms. The number of rotatable bonds is 3. The van der Waals surface area contributed by atoms with Crippen LogP contribution < -0.4 is 4.74 Å². The van der Waals surface area contributed by atoms with E-state index < -0.39 is 11.9 Å². The molecule has 7 heteroatoms. The van der Waals surface area contributed by atoms with Gasteiger partial charge in [0.05, 0.1) is 7.11 Å². The topological polar surface area (TPSA) is 106 Å². The van der Waals surface area contributed by atoms with Crippen LogP contribution in [0, 0.1) is 0 Å². The second kappa shape index (κ2) is 4.12. The minimum absolute atomic E-state index is 0.0142. The summed E-state index contributed by atoms with van der Waals surface area (Å²) in [6.07, 6.45) is 0. The van der Waals surface area contributed by atoms with E-state index in [2.05, 4.69) is 10.2 Å². The molecular formula is C10H8N2O5. The SMILES string of the molecule is COc1ccc(-c2nnc(C(=O)O)o2)cc1O. The van der Waals surface area contributed by atoms with Crippen molar-refractivity contribution < 1.29 is 24.2 Å². The maximum Gasteiger partial charge on any atom is 0.393 e. The van der Waals surface area contributed by atoms with E-state index in [4.69, 9.17) is 14.3 Å². The first-order valence-corrected chi connectivity index (χ1v) is 4.56. The Morgan fingerprint density at radius 3 is 2.71 bits per heavy atom. The molecule has 0 bridgehead atoms. The summed E-state index contributed by atoms with van der Waals surface area (Å²) in [4.78, 5) is 10.5. The van der Waals surface area contributed by atoms with Crippen molar-refractivity contribution in [2.45, 2.75) is 0 Å². The molecule has 0 saturated heterocycles. The maximum atomic E-state index is 10.5. The maximum absolute atomic E-state index is 10.5. The van der Waals surface area contributed by atoms with Crippen molar-refractivity contribution in [1.82, 2.24) is 10.2 Å². The smallest absolute Gasteiger partial charge is 0.393 e. The van der Waals surface area contributed by atoms with Gasteiger partial charge in [0.1, 0.15) is 0 Å². The number of carbonyl (C=O) groups is 1. The fourth-order valence-corrected chi connectivity index (χ4v) is 1.25. The highest BCUT2D eigenvalue weighted by Crippen LogP contribution is 2.30. The van der Waals surface area contributed by atoms with Gasteiger partial charge in [0.25, 0.3) is 0 Å². The highest BCUT2D eigenvalue weighted by molar-refractivity contribution is 5.82. The number of carboxylic acids is 1. The van der Waals surface area contributed by atoms with E-state index in [1.165, 1.54) is 19.2 Å². The van der Waals surface area contributed by atoms with Crippen molar-refractivity contribution in [2.24, 2.45) is 0 Å². The van der Waals surface area contributed by atoms with Gasteiger partial charge in [-0.3, -0.25) is 0 Å². The Labute approximate surface area is 95.3 Å². The highest BCUT2D eigenvalue weighted by atomic mass is 16.5. The lowest BCUT2D eigenvalue weighted by atomic mass is 10.2. The van der Waals surface area contributed by atoms with Crippen LogP contribution in [0.15, 0.2) is 22.6 Å². The van der Waals surface area contributed by atoms with Crippen LogP contribution >= 0.6 is 0 Å². The Morgan fingerprint density at radius 1 is 1.41 bits per heavy atom. The molecule has 1 aromatic heterocycles. The van der Waals surface area contributed by atoms with Gasteiger partial charge in [0, 0.05) is 5.56 Å².